The third kappa shape index (κ3) is 4.02. The Morgan fingerprint density at radius 3 is 2.85 bits per heavy atom. The third-order valence-electron chi connectivity index (χ3n) is 2.40. The maximum atomic E-state index is 9.86. The highest BCUT2D eigenvalue weighted by molar-refractivity contribution is 5.33. The van der Waals surface area contributed by atoms with Gasteiger partial charge in [-0.2, -0.15) is 0 Å². The summed E-state index contributed by atoms with van der Waals surface area (Å²) in [6.07, 6.45) is 4.97. The number of rotatable bonds is 4. The minimum Gasteiger partial charge on any atom is -0.317 e. The minimum atomic E-state index is 0.452. The van der Waals surface area contributed by atoms with Gasteiger partial charge in [0, 0.05) is 0 Å². The van der Waals surface area contributed by atoms with Gasteiger partial charge in [-0.05, 0) is 38.3 Å². The van der Waals surface area contributed by atoms with Gasteiger partial charge in [0.25, 0.3) is 0 Å². The van der Waals surface area contributed by atoms with Gasteiger partial charge in [-0.25, -0.2) is 9.79 Å². The van der Waals surface area contributed by atoms with E-state index in [1.54, 1.807) is 0 Å². The summed E-state index contributed by atoms with van der Waals surface area (Å²) in [7, 11) is 0. The molecule has 72 valence electrons. The average Bonchev–Trinajstić information content (AvgIpc) is 2.16. The second-order valence-corrected chi connectivity index (χ2v) is 3.56. The van der Waals surface area contributed by atoms with Crippen LogP contribution >= 0.6 is 0 Å². The lowest BCUT2D eigenvalue weighted by atomic mass is 9.91. The van der Waals surface area contributed by atoms with Crippen molar-refractivity contribution < 1.29 is 4.79 Å². The molecule has 0 atom stereocenters. The van der Waals surface area contributed by atoms with E-state index in [1.165, 1.54) is 18.9 Å². The first-order chi connectivity index (χ1) is 6.33. The highest BCUT2D eigenvalue weighted by atomic mass is 16.1. The Morgan fingerprint density at radius 2 is 2.23 bits per heavy atom. The molecule has 13 heavy (non-hydrogen) atoms. The third-order valence-corrected chi connectivity index (χ3v) is 2.40. The zero-order valence-electron chi connectivity index (χ0n) is 7.88. The second-order valence-electron chi connectivity index (χ2n) is 3.56. The predicted molar refractivity (Wildman–Crippen MR) is 52.3 cm³/mol. The fourth-order valence-corrected chi connectivity index (χ4v) is 1.70. The van der Waals surface area contributed by atoms with E-state index in [9.17, 15) is 4.79 Å². The van der Waals surface area contributed by atoms with Gasteiger partial charge in [-0.1, -0.05) is 12.2 Å². The largest absolute Gasteiger partial charge is 0.317 e. The molecule has 0 spiro atoms. The van der Waals surface area contributed by atoms with Gasteiger partial charge in [0.05, 0.1) is 6.54 Å². The molecule has 1 heterocycles. The van der Waals surface area contributed by atoms with Crippen LogP contribution in [0.4, 0.5) is 0 Å². The molecular formula is C10H16N2O. The monoisotopic (exact) mass is 180 g/mol. The molecule has 0 aromatic rings. The van der Waals surface area contributed by atoms with Crippen molar-refractivity contribution in [2.75, 3.05) is 19.6 Å². The Hall–Kier alpha value is -0.920. The van der Waals surface area contributed by atoms with Crippen molar-refractivity contribution in [2.45, 2.75) is 19.3 Å². The van der Waals surface area contributed by atoms with Gasteiger partial charge in [-0.3, -0.25) is 0 Å². The van der Waals surface area contributed by atoms with Crippen LogP contribution in [0, 0.1) is 5.92 Å². The van der Waals surface area contributed by atoms with Gasteiger partial charge in [-0.15, -0.1) is 0 Å². The summed E-state index contributed by atoms with van der Waals surface area (Å²) in [6.45, 7) is 6.56. The standard InChI is InChI=1S/C10H16N2O/c1-9(7-12-8-13)6-10-2-4-11-5-3-10/h10-11H,1-7H2. The lowest BCUT2D eigenvalue weighted by Crippen LogP contribution is -2.27. The van der Waals surface area contributed by atoms with Crippen molar-refractivity contribution in [3.63, 3.8) is 0 Å². The predicted octanol–water partition coefficient (Wildman–Crippen LogP) is 1.27. The highest BCUT2D eigenvalue weighted by Crippen LogP contribution is 2.19. The second kappa shape index (κ2) is 5.68. The Balaban J connectivity index is 2.21. The van der Waals surface area contributed by atoms with Gasteiger partial charge < -0.3 is 5.32 Å². The molecule has 1 aliphatic heterocycles. The summed E-state index contributed by atoms with van der Waals surface area (Å²) in [4.78, 5) is 13.4. The van der Waals surface area contributed by atoms with Crippen LogP contribution in [0.15, 0.2) is 17.1 Å². The van der Waals surface area contributed by atoms with Crippen LogP contribution in [0.2, 0.25) is 0 Å². The molecule has 0 radical (unpaired) electrons. The van der Waals surface area contributed by atoms with E-state index in [1.807, 2.05) is 0 Å². The number of piperidine rings is 1. The van der Waals surface area contributed by atoms with Crippen LogP contribution in [0.25, 0.3) is 0 Å². The van der Waals surface area contributed by atoms with E-state index in [0.29, 0.717) is 6.54 Å². The van der Waals surface area contributed by atoms with E-state index in [2.05, 4.69) is 16.9 Å². The fourth-order valence-electron chi connectivity index (χ4n) is 1.70. The van der Waals surface area contributed by atoms with Crippen molar-refractivity contribution in [1.82, 2.24) is 5.32 Å². The summed E-state index contributed by atoms with van der Waals surface area (Å²) in [5.41, 5.74) is 1.05. The SMILES string of the molecule is C=C(CN=C=O)CC1CCNCC1. The maximum absolute atomic E-state index is 9.86. The molecule has 0 bridgehead atoms. The molecule has 3 nitrogen and oxygen atoms in total. The average molecular weight is 180 g/mol. The zero-order valence-corrected chi connectivity index (χ0v) is 7.88. The Kier molecular flexibility index (Phi) is 4.44. The van der Waals surface area contributed by atoms with Crippen molar-refractivity contribution in [3.05, 3.63) is 12.2 Å². The molecule has 0 amide bonds. The summed E-state index contributed by atoms with van der Waals surface area (Å²) < 4.78 is 0. The van der Waals surface area contributed by atoms with Gasteiger partial charge in [0.1, 0.15) is 0 Å². The van der Waals surface area contributed by atoms with E-state index in [-0.39, 0.29) is 0 Å². The molecule has 3 heteroatoms. The lowest BCUT2D eigenvalue weighted by molar-refractivity contribution is 0.371. The molecule has 0 saturated carbocycles. The maximum Gasteiger partial charge on any atom is 0.235 e. The van der Waals surface area contributed by atoms with Crippen LogP contribution in [-0.4, -0.2) is 25.7 Å². The fraction of sp³-hybridized carbons (Fsp3) is 0.700. The van der Waals surface area contributed by atoms with E-state index < -0.39 is 0 Å². The summed E-state index contributed by atoms with van der Waals surface area (Å²) in [5, 5.41) is 3.32. The summed E-state index contributed by atoms with van der Waals surface area (Å²) in [6, 6.07) is 0. The first-order valence-corrected chi connectivity index (χ1v) is 4.74. The molecule has 0 aliphatic carbocycles. The van der Waals surface area contributed by atoms with Crippen LogP contribution in [0.3, 0.4) is 0 Å². The number of isocyanates is 1. The van der Waals surface area contributed by atoms with Crippen molar-refractivity contribution in [2.24, 2.45) is 10.9 Å². The van der Waals surface area contributed by atoms with E-state index in [4.69, 9.17) is 0 Å². The zero-order chi connectivity index (χ0) is 9.52. The topological polar surface area (TPSA) is 41.5 Å². The van der Waals surface area contributed by atoms with Crippen LogP contribution < -0.4 is 5.32 Å². The number of hydrogen-bond donors (Lipinski definition) is 1. The first kappa shape index (κ1) is 10.2. The lowest BCUT2D eigenvalue weighted by Gasteiger charge is -2.22. The number of hydrogen-bond acceptors (Lipinski definition) is 3. The number of nitrogens with one attached hydrogen (secondary N) is 1. The molecular weight excluding hydrogens is 164 g/mol. The van der Waals surface area contributed by atoms with E-state index >= 15 is 0 Å². The Bertz CT molecular complexity index is 213. The molecule has 1 N–H and O–H groups in total. The normalized spacial score (nSPS) is 17.8. The molecule has 0 unspecified atom stereocenters. The molecule has 0 aromatic carbocycles. The Labute approximate surface area is 78.9 Å². The number of carbonyl (C=O) groups excluding carboxylic acids is 1. The quantitative estimate of drug-likeness (QED) is 0.402. The van der Waals surface area contributed by atoms with E-state index in [0.717, 1.165) is 31.0 Å². The van der Waals surface area contributed by atoms with Crippen molar-refractivity contribution in [1.29, 1.82) is 0 Å². The molecule has 1 aliphatic rings. The first-order valence-electron chi connectivity index (χ1n) is 4.74. The van der Waals surface area contributed by atoms with Gasteiger partial charge in [0.15, 0.2) is 0 Å². The van der Waals surface area contributed by atoms with Gasteiger partial charge >= 0.3 is 0 Å². The number of nitrogens with zero attached hydrogens (tertiary/aromatic N) is 1. The smallest absolute Gasteiger partial charge is 0.235 e. The summed E-state index contributed by atoms with van der Waals surface area (Å²) >= 11 is 0. The van der Waals surface area contributed by atoms with Crippen molar-refractivity contribution >= 4 is 6.08 Å². The molecule has 1 rings (SSSR count). The summed E-state index contributed by atoms with van der Waals surface area (Å²) in [5.74, 6) is 0.732. The van der Waals surface area contributed by atoms with Gasteiger partial charge in [0.2, 0.25) is 6.08 Å². The van der Waals surface area contributed by atoms with Crippen molar-refractivity contribution in [3.8, 4) is 0 Å². The minimum absolute atomic E-state index is 0.452. The molecule has 1 fully saturated rings. The van der Waals surface area contributed by atoms with Crippen LogP contribution in [0.5, 0.6) is 0 Å². The number of aliphatic imine (C=N–C) groups is 1. The van der Waals surface area contributed by atoms with Crippen LogP contribution in [-0.2, 0) is 4.79 Å². The highest BCUT2D eigenvalue weighted by Gasteiger charge is 2.13. The molecule has 0 aromatic heterocycles. The van der Waals surface area contributed by atoms with Crippen LogP contribution in [0.1, 0.15) is 19.3 Å². The Morgan fingerprint density at radius 1 is 1.54 bits per heavy atom. The molecule has 1 saturated heterocycles.